The van der Waals surface area contributed by atoms with E-state index in [1.54, 1.807) is 7.11 Å². The Labute approximate surface area is 165 Å². The lowest BCUT2D eigenvalue weighted by Crippen LogP contribution is -2.46. The molecule has 4 nitrogen and oxygen atoms in total. The number of piperidine rings is 1. The normalized spacial score (nSPS) is 18.7. The van der Waals surface area contributed by atoms with Crippen LogP contribution in [0.4, 0.5) is 0 Å². The van der Waals surface area contributed by atoms with E-state index in [9.17, 15) is 9.90 Å². The fraction of sp³-hybridized carbons (Fsp3) is 0.292. The first-order valence-corrected chi connectivity index (χ1v) is 9.79. The van der Waals surface area contributed by atoms with Crippen molar-refractivity contribution < 1.29 is 14.6 Å². The van der Waals surface area contributed by atoms with Crippen molar-refractivity contribution in [2.75, 3.05) is 13.7 Å². The topological polar surface area (TPSA) is 49.8 Å². The molecule has 3 aromatic rings. The summed E-state index contributed by atoms with van der Waals surface area (Å²) in [6.07, 6.45) is 2.66. The van der Waals surface area contributed by atoms with Crippen LogP contribution >= 0.6 is 0 Å². The number of ether oxygens (including phenoxy) is 1. The minimum atomic E-state index is -0.738. The van der Waals surface area contributed by atoms with Crippen molar-refractivity contribution in [3.8, 4) is 5.75 Å². The monoisotopic (exact) mass is 375 g/mol. The maximum atomic E-state index is 12.0. The summed E-state index contributed by atoms with van der Waals surface area (Å²) in [5.41, 5.74) is 2.24. The van der Waals surface area contributed by atoms with Crippen LogP contribution in [0, 0.1) is 0 Å². The number of likely N-dealkylation sites (tertiary alicyclic amines) is 1. The maximum absolute atomic E-state index is 12.0. The number of nitrogens with zero attached hydrogens (tertiary/aromatic N) is 1. The van der Waals surface area contributed by atoms with E-state index >= 15 is 0 Å². The standard InChI is InChI=1S/C24H25NO3/c1-28-19-14-12-18(13-15-19)23(25-16-5-4-11-22(25)24(26)27)21-10-6-8-17-7-2-3-9-20(17)21/h2-3,6-10,12-15,22-23H,4-5,11,16H2,1H3,(H,26,27). The molecule has 1 saturated heterocycles. The van der Waals surface area contributed by atoms with Crippen LogP contribution in [0.5, 0.6) is 5.75 Å². The quantitative estimate of drug-likeness (QED) is 0.691. The van der Waals surface area contributed by atoms with E-state index in [4.69, 9.17) is 4.74 Å². The summed E-state index contributed by atoms with van der Waals surface area (Å²) in [6.45, 7) is 0.775. The van der Waals surface area contributed by atoms with Crippen LogP contribution in [0.25, 0.3) is 10.8 Å². The van der Waals surface area contributed by atoms with Crippen LogP contribution in [-0.2, 0) is 4.79 Å². The zero-order valence-electron chi connectivity index (χ0n) is 16.0. The van der Waals surface area contributed by atoms with E-state index in [-0.39, 0.29) is 6.04 Å². The Morgan fingerprint density at radius 1 is 1.04 bits per heavy atom. The molecule has 0 aromatic heterocycles. The predicted molar refractivity (Wildman–Crippen MR) is 111 cm³/mol. The summed E-state index contributed by atoms with van der Waals surface area (Å²) in [7, 11) is 1.66. The Morgan fingerprint density at radius 3 is 2.54 bits per heavy atom. The third kappa shape index (κ3) is 3.48. The summed E-state index contributed by atoms with van der Waals surface area (Å²) >= 11 is 0. The molecule has 1 heterocycles. The first-order chi connectivity index (χ1) is 13.7. The van der Waals surface area contributed by atoms with E-state index in [2.05, 4.69) is 47.4 Å². The molecular formula is C24H25NO3. The number of hydrogen-bond donors (Lipinski definition) is 1. The van der Waals surface area contributed by atoms with Gasteiger partial charge in [0.2, 0.25) is 0 Å². The van der Waals surface area contributed by atoms with Gasteiger partial charge in [0.25, 0.3) is 0 Å². The SMILES string of the molecule is COc1ccc(C(c2cccc3ccccc23)N2CCCCC2C(=O)O)cc1. The highest BCUT2D eigenvalue weighted by atomic mass is 16.5. The van der Waals surface area contributed by atoms with Gasteiger partial charge in [-0.25, -0.2) is 0 Å². The van der Waals surface area contributed by atoms with Crippen LogP contribution < -0.4 is 4.74 Å². The zero-order valence-corrected chi connectivity index (χ0v) is 16.0. The summed E-state index contributed by atoms with van der Waals surface area (Å²) in [5.74, 6) is 0.0623. The van der Waals surface area contributed by atoms with Gasteiger partial charge in [-0.3, -0.25) is 9.69 Å². The molecule has 0 aliphatic carbocycles. The number of rotatable bonds is 5. The van der Waals surface area contributed by atoms with E-state index < -0.39 is 12.0 Å². The first-order valence-electron chi connectivity index (χ1n) is 9.79. The Kier molecular flexibility index (Phi) is 5.31. The van der Waals surface area contributed by atoms with Crippen LogP contribution in [0.15, 0.2) is 66.7 Å². The Hall–Kier alpha value is -2.85. The van der Waals surface area contributed by atoms with Gasteiger partial charge in [-0.1, -0.05) is 61.0 Å². The largest absolute Gasteiger partial charge is 0.497 e. The second kappa shape index (κ2) is 8.03. The van der Waals surface area contributed by atoms with Crippen molar-refractivity contribution in [1.82, 2.24) is 4.90 Å². The molecule has 144 valence electrons. The molecule has 28 heavy (non-hydrogen) atoms. The first kappa shape index (κ1) is 18.5. The predicted octanol–water partition coefficient (Wildman–Crippen LogP) is 4.88. The summed E-state index contributed by atoms with van der Waals surface area (Å²) in [5, 5.41) is 12.2. The fourth-order valence-corrected chi connectivity index (χ4v) is 4.35. The van der Waals surface area contributed by atoms with Crippen molar-refractivity contribution in [3.05, 3.63) is 77.9 Å². The molecule has 2 unspecified atom stereocenters. The average Bonchev–Trinajstić information content (AvgIpc) is 2.75. The minimum Gasteiger partial charge on any atom is -0.497 e. The van der Waals surface area contributed by atoms with E-state index in [0.717, 1.165) is 36.3 Å². The zero-order chi connectivity index (χ0) is 19.5. The van der Waals surface area contributed by atoms with E-state index in [0.29, 0.717) is 6.42 Å². The van der Waals surface area contributed by atoms with Gasteiger partial charge in [-0.05, 0) is 53.4 Å². The molecule has 1 N–H and O–H groups in total. The molecule has 1 fully saturated rings. The van der Waals surface area contributed by atoms with Gasteiger partial charge in [0, 0.05) is 0 Å². The number of fused-ring (bicyclic) bond motifs is 1. The number of aliphatic carboxylic acids is 1. The molecule has 0 bridgehead atoms. The van der Waals surface area contributed by atoms with Gasteiger partial charge >= 0.3 is 5.97 Å². The maximum Gasteiger partial charge on any atom is 0.320 e. The second-order valence-corrected chi connectivity index (χ2v) is 7.33. The molecule has 3 aromatic carbocycles. The van der Waals surface area contributed by atoms with Gasteiger partial charge in [0.15, 0.2) is 0 Å². The summed E-state index contributed by atoms with van der Waals surface area (Å²) in [6, 6.07) is 22.0. The van der Waals surface area contributed by atoms with Crippen molar-refractivity contribution >= 4 is 16.7 Å². The van der Waals surface area contributed by atoms with Crippen molar-refractivity contribution in [1.29, 1.82) is 0 Å². The van der Waals surface area contributed by atoms with Crippen LogP contribution in [0.3, 0.4) is 0 Å². The molecule has 0 saturated carbocycles. The highest BCUT2D eigenvalue weighted by Gasteiger charge is 2.35. The smallest absolute Gasteiger partial charge is 0.320 e. The van der Waals surface area contributed by atoms with Gasteiger partial charge in [-0.15, -0.1) is 0 Å². The van der Waals surface area contributed by atoms with Crippen molar-refractivity contribution in [2.45, 2.75) is 31.3 Å². The van der Waals surface area contributed by atoms with Gasteiger partial charge < -0.3 is 9.84 Å². The van der Waals surface area contributed by atoms with E-state index in [1.165, 1.54) is 10.8 Å². The lowest BCUT2D eigenvalue weighted by molar-refractivity contribution is -0.145. The lowest BCUT2D eigenvalue weighted by atomic mass is 9.89. The molecule has 1 aliphatic heterocycles. The van der Waals surface area contributed by atoms with Crippen LogP contribution in [0.1, 0.15) is 36.4 Å². The lowest BCUT2D eigenvalue weighted by Gasteiger charge is -2.40. The van der Waals surface area contributed by atoms with Crippen LogP contribution in [0.2, 0.25) is 0 Å². The molecule has 0 radical (unpaired) electrons. The molecule has 0 amide bonds. The van der Waals surface area contributed by atoms with E-state index in [1.807, 2.05) is 24.3 Å². The number of carbonyl (C=O) groups is 1. The Bertz CT molecular complexity index is 962. The number of carboxylic acids is 1. The molecule has 0 spiro atoms. The number of carboxylic acid groups (broad SMARTS) is 1. The minimum absolute atomic E-state index is 0.113. The second-order valence-electron chi connectivity index (χ2n) is 7.33. The van der Waals surface area contributed by atoms with Crippen molar-refractivity contribution in [3.63, 3.8) is 0 Å². The van der Waals surface area contributed by atoms with Crippen molar-refractivity contribution in [2.24, 2.45) is 0 Å². The number of benzene rings is 3. The third-order valence-electron chi connectivity index (χ3n) is 5.71. The molecule has 4 rings (SSSR count). The molecule has 1 aliphatic rings. The number of hydrogen-bond acceptors (Lipinski definition) is 3. The van der Waals surface area contributed by atoms with Gasteiger partial charge in [-0.2, -0.15) is 0 Å². The Morgan fingerprint density at radius 2 is 1.79 bits per heavy atom. The summed E-state index contributed by atoms with van der Waals surface area (Å²) < 4.78 is 5.32. The fourth-order valence-electron chi connectivity index (χ4n) is 4.35. The molecule has 2 atom stereocenters. The average molecular weight is 375 g/mol. The summed E-state index contributed by atoms with van der Waals surface area (Å²) in [4.78, 5) is 14.2. The van der Waals surface area contributed by atoms with Crippen LogP contribution in [-0.4, -0.2) is 35.7 Å². The van der Waals surface area contributed by atoms with Gasteiger partial charge in [0.05, 0.1) is 13.2 Å². The molecule has 4 heteroatoms. The number of methoxy groups -OCH3 is 1. The Balaban J connectivity index is 1.88. The van der Waals surface area contributed by atoms with Gasteiger partial charge in [0.1, 0.15) is 11.8 Å². The third-order valence-corrected chi connectivity index (χ3v) is 5.71. The highest BCUT2D eigenvalue weighted by Crippen LogP contribution is 2.38. The highest BCUT2D eigenvalue weighted by molar-refractivity contribution is 5.86. The molecular weight excluding hydrogens is 350 g/mol.